The van der Waals surface area contributed by atoms with E-state index in [9.17, 15) is 4.79 Å². The van der Waals surface area contributed by atoms with E-state index in [0.717, 1.165) is 19.3 Å². The van der Waals surface area contributed by atoms with Crippen molar-refractivity contribution < 1.29 is 4.79 Å². The minimum Gasteiger partial charge on any atom is -0.332 e. The molecule has 0 spiro atoms. The second-order valence-electron chi connectivity index (χ2n) is 4.38. The Morgan fingerprint density at radius 2 is 1.86 bits per heavy atom. The molecule has 0 heterocycles. The van der Waals surface area contributed by atoms with E-state index in [1.807, 2.05) is 43.3 Å². The van der Waals surface area contributed by atoms with Crippen LogP contribution in [0.25, 0.3) is 0 Å². The van der Waals surface area contributed by atoms with Crippen LogP contribution in [0.5, 0.6) is 0 Å². The van der Waals surface area contributed by atoms with E-state index >= 15 is 0 Å². The largest absolute Gasteiger partial charge is 0.332 e. The molecule has 2 aromatic rings. The summed E-state index contributed by atoms with van der Waals surface area (Å²) in [6.45, 7) is 2.00. The van der Waals surface area contributed by atoms with Gasteiger partial charge in [0.1, 0.15) is 0 Å². The maximum atomic E-state index is 12.1. The number of rotatable bonds is 2. The van der Waals surface area contributed by atoms with Gasteiger partial charge >= 0.3 is 0 Å². The first-order chi connectivity index (χ1) is 9.95. The second-order valence-corrected chi connectivity index (χ2v) is 6.87. The number of carbonyl (C=O) groups is 1. The van der Waals surface area contributed by atoms with Gasteiger partial charge in [-0.3, -0.25) is 10.1 Å². The van der Waals surface area contributed by atoms with E-state index < -0.39 is 0 Å². The first-order valence-electron chi connectivity index (χ1n) is 6.10. The van der Waals surface area contributed by atoms with Crippen molar-refractivity contribution in [2.24, 2.45) is 0 Å². The summed E-state index contributed by atoms with van der Waals surface area (Å²) in [6, 6.07) is 13.1. The van der Waals surface area contributed by atoms with E-state index in [4.69, 9.17) is 12.2 Å². The lowest BCUT2D eigenvalue weighted by Gasteiger charge is -2.10. The van der Waals surface area contributed by atoms with Crippen LogP contribution >= 0.6 is 50.7 Å². The summed E-state index contributed by atoms with van der Waals surface area (Å²) in [4.78, 5) is 12.1. The summed E-state index contributed by atoms with van der Waals surface area (Å²) in [5, 5.41) is 5.92. The summed E-state index contributed by atoms with van der Waals surface area (Å²) in [5.74, 6) is -0.220. The highest BCUT2D eigenvalue weighted by Gasteiger charge is 2.09. The molecule has 2 aromatic carbocycles. The number of thiocarbonyl (C=S) groups is 1. The molecule has 0 aliphatic carbocycles. The molecule has 0 aliphatic rings. The summed E-state index contributed by atoms with van der Waals surface area (Å²) in [6.07, 6.45) is 0. The highest BCUT2D eigenvalue weighted by Crippen LogP contribution is 2.15. The Balaban J connectivity index is 2.00. The third-order valence-corrected chi connectivity index (χ3v) is 4.66. The number of hydrogen-bond acceptors (Lipinski definition) is 2. The van der Waals surface area contributed by atoms with Crippen LogP contribution in [0.4, 0.5) is 5.69 Å². The van der Waals surface area contributed by atoms with Crippen molar-refractivity contribution in [3.63, 3.8) is 0 Å². The standard InChI is InChI=1S/C15H12BrIN2OS/c1-9-2-3-10(8-13(9)17)14(20)19-15(21)18-12-6-4-11(16)5-7-12/h2-8H,1H3,(H2,18,19,20,21). The van der Waals surface area contributed by atoms with Gasteiger partial charge in [-0.05, 0) is 83.7 Å². The van der Waals surface area contributed by atoms with Crippen LogP contribution in [0.15, 0.2) is 46.9 Å². The lowest BCUT2D eigenvalue weighted by molar-refractivity contribution is 0.0977. The zero-order valence-electron chi connectivity index (χ0n) is 11.1. The number of carbonyl (C=O) groups excluding carboxylic acids is 1. The Morgan fingerprint density at radius 1 is 1.19 bits per heavy atom. The molecule has 0 aliphatic heterocycles. The molecule has 0 radical (unpaired) electrons. The van der Waals surface area contributed by atoms with Gasteiger partial charge in [0.25, 0.3) is 5.91 Å². The second kappa shape index (κ2) is 7.33. The monoisotopic (exact) mass is 474 g/mol. The molecule has 21 heavy (non-hydrogen) atoms. The number of anilines is 1. The van der Waals surface area contributed by atoms with Crippen LogP contribution in [-0.2, 0) is 0 Å². The smallest absolute Gasteiger partial charge is 0.257 e. The fourth-order valence-corrected chi connectivity index (χ4v) is 2.60. The predicted molar refractivity (Wildman–Crippen MR) is 102 cm³/mol. The Hall–Kier alpha value is -0.990. The van der Waals surface area contributed by atoms with Crippen molar-refractivity contribution in [3.05, 3.63) is 61.6 Å². The van der Waals surface area contributed by atoms with E-state index in [-0.39, 0.29) is 11.0 Å². The quantitative estimate of drug-likeness (QED) is 0.497. The Kier molecular flexibility index (Phi) is 5.72. The van der Waals surface area contributed by atoms with Crippen molar-refractivity contribution in [2.45, 2.75) is 6.92 Å². The van der Waals surface area contributed by atoms with Crippen LogP contribution in [0.3, 0.4) is 0 Å². The lowest BCUT2D eigenvalue weighted by atomic mass is 10.1. The SMILES string of the molecule is Cc1ccc(C(=O)NC(=S)Nc2ccc(Br)cc2)cc1I. The van der Waals surface area contributed by atoms with Crippen molar-refractivity contribution in [1.82, 2.24) is 5.32 Å². The zero-order valence-corrected chi connectivity index (χ0v) is 15.7. The molecule has 0 saturated carbocycles. The maximum absolute atomic E-state index is 12.1. The highest BCUT2D eigenvalue weighted by molar-refractivity contribution is 14.1. The molecule has 108 valence electrons. The maximum Gasteiger partial charge on any atom is 0.257 e. The van der Waals surface area contributed by atoms with Crippen LogP contribution in [0.1, 0.15) is 15.9 Å². The van der Waals surface area contributed by atoms with Crippen LogP contribution < -0.4 is 10.6 Å². The number of hydrogen-bond donors (Lipinski definition) is 2. The minimum atomic E-state index is -0.220. The number of halogens is 2. The van der Waals surface area contributed by atoms with Gasteiger partial charge in [0.05, 0.1) is 0 Å². The van der Waals surface area contributed by atoms with Gasteiger partial charge in [-0.15, -0.1) is 0 Å². The molecule has 2 N–H and O–H groups in total. The molecular weight excluding hydrogens is 463 g/mol. The number of benzene rings is 2. The zero-order chi connectivity index (χ0) is 15.4. The number of nitrogens with one attached hydrogen (secondary N) is 2. The van der Waals surface area contributed by atoms with Gasteiger partial charge in [-0.2, -0.15) is 0 Å². The molecule has 0 bridgehead atoms. The topological polar surface area (TPSA) is 41.1 Å². The van der Waals surface area contributed by atoms with E-state index in [1.165, 1.54) is 0 Å². The fourth-order valence-electron chi connectivity index (χ4n) is 1.60. The van der Waals surface area contributed by atoms with Crippen molar-refractivity contribution in [3.8, 4) is 0 Å². The third kappa shape index (κ3) is 4.76. The number of amides is 1. The van der Waals surface area contributed by atoms with Crippen molar-refractivity contribution in [1.29, 1.82) is 0 Å². The average molecular weight is 475 g/mol. The Labute approximate surface area is 150 Å². The predicted octanol–water partition coefficient (Wildman–Crippen LogP) is 4.49. The first-order valence-corrected chi connectivity index (χ1v) is 8.38. The Bertz CT molecular complexity index is 689. The summed E-state index contributed by atoms with van der Waals surface area (Å²) in [5.41, 5.74) is 2.55. The molecule has 1 amide bonds. The van der Waals surface area contributed by atoms with E-state index in [2.05, 4.69) is 49.2 Å². The molecule has 0 unspecified atom stereocenters. The van der Waals surface area contributed by atoms with Gasteiger partial charge in [0.15, 0.2) is 5.11 Å². The van der Waals surface area contributed by atoms with Crippen molar-refractivity contribution in [2.75, 3.05) is 5.32 Å². The van der Waals surface area contributed by atoms with Crippen LogP contribution in [0.2, 0.25) is 0 Å². The van der Waals surface area contributed by atoms with E-state index in [1.54, 1.807) is 6.07 Å². The van der Waals surface area contributed by atoms with E-state index in [0.29, 0.717) is 5.56 Å². The molecule has 2 rings (SSSR count). The minimum absolute atomic E-state index is 0.220. The highest BCUT2D eigenvalue weighted by atomic mass is 127. The van der Waals surface area contributed by atoms with Gasteiger partial charge in [0.2, 0.25) is 0 Å². The van der Waals surface area contributed by atoms with Crippen molar-refractivity contribution >= 4 is 67.4 Å². The molecule has 0 saturated heterocycles. The van der Waals surface area contributed by atoms with Gasteiger partial charge in [-0.1, -0.05) is 22.0 Å². The Morgan fingerprint density at radius 3 is 2.48 bits per heavy atom. The summed E-state index contributed by atoms with van der Waals surface area (Å²) >= 11 is 10.7. The summed E-state index contributed by atoms with van der Waals surface area (Å²) < 4.78 is 2.03. The van der Waals surface area contributed by atoms with Gasteiger partial charge in [0, 0.05) is 19.3 Å². The molecule has 3 nitrogen and oxygen atoms in total. The molecular formula is C15H12BrIN2OS. The molecule has 0 fully saturated rings. The van der Waals surface area contributed by atoms with Gasteiger partial charge in [-0.25, -0.2) is 0 Å². The molecule has 0 atom stereocenters. The van der Waals surface area contributed by atoms with Gasteiger partial charge < -0.3 is 5.32 Å². The van der Waals surface area contributed by atoms with Crippen LogP contribution in [-0.4, -0.2) is 11.0 Å². The normalized spacial score (nSPS) is 10.0. The first kappa shape index (κ1) is 16.4. The number of aryl methyl sites for hydroxylation is 1. The lowest BCUT2D eigenvalue weighted by Crippen LogP contribution is -2.34. The third-order valence-electron chi connectivity index (χ3n) is 2.76. The average Bonchev–Trinajstić information content (AvgIpc) is 2.44. The van der Waals surface area contributed by atoms with Crippen LogP contribution in [0, 0.1) is 10.5 Å². The summed E-state index contributed by atoms with van der Waals surface area (Å²) in [7, 11) is 0. The molecule has 6 heteroatoms. The molecule has 0 aromatic heterocycles. The fraction of sp³-hybridized carbons (Fsp3) is 0.0667.